The molecule has 256 valence electrons. The number of hydrogen-bond acceptors (Lipinski definition) is 8. The summed E-state index contributed by atoms with van der Waals surface area (Å²) in [5.41, 5.74) is 5.69. The fourth-order valence-corrected chi connectivity index (χ4v) is 7.20. The fourth-order valence-electron chi connectivity index (χ4n) is 6.54. The van der Waals surface area contributed by atoms with E-state index in [0.29, 0.717) is 63.6 Å². The summed E-state index contributed by atoms with van der Waals surface area (Å²) in [7, 11) is 1.58. The third-order valence-corrected chi connectivity index (χ3v) is 9.88. The standard InChI is InChI=1S/C37H34Cl2N6O5/c1-50-37-22(17-40-18-23-9-11-32(47)42-23)8-10-30(43-37)29-7-3-6-28(36(29)39)27-5-2-4-26(35(27)38)21-12-13-45-31(14-21)41-24(15-34(45)49)19-44-20-25(46)16-33(44)48/h2-8,10,12-15,23,25,40,46H,9,11,16-20H2,1H3,(H,42,47). The first kappa shape index (κ1) is 33.7. The smallest absolute Gasteiger partial charge is 0.258 e. The zero-order valence-corrected chi connectivity index (χ0v) is 28.7. The van der Waals surface area contributed by atoms with E-state index in [2.05, 4.69) is 15.6 Å². The highest BCUT2D eigenvalue weighted by Crippen LogP contribution is 2.42. The molecule has 2 aromatic carbocycles. The van der Waals surface area contributed by atoms with Gasteiger partial charge >= 0.3 is 0 Å². The van der Waals surface area contributed by atoms with E-state index >= 15 is 0 Å². The number of benzene rings is 2. The topological polar surface area (TPSA) is 138 Å². The molecule has 0 aliphatic carbocycles. The molecular weight excluding hydrogens is 679 g/mol. The predicted octanol–water partition coefficient (Wildman–Crippen LogP) is 4.87. The Morgan fingerprint density at radius 2 is 1.70 bits per heavy atom. The Morgan fingerprint density at radius 3 is 2.40 bits per heavy atom. The largest absolute Gasteiger partial charge is 0.481 e. The third kappa shape index (κ3) is 6.82. The predicted molar refractivity (Wildman–Crippen MR) is 191 cm³/mol. The Morgan fingerprint density at radius 1 is 0.960 bits per heavy atom. The van der Waals surface area contributed by atoms with E-state index < -0.39 is 6.10 Å². The molecule has 0 spiro atoms. The summed E-state index contributed by atoms with van der Waals surface area (Å²) in [6.45, 7) is 1.54. The summed E-state index contributed by atoms with van der Waals surface area (Å²) >= 11 is 14.2. The molecule has 3 aromatic heterocycles. The van der Waals surface area contributed by atoms with Crippen LogP contribution in [0.4, 0.5) is 0 Å². The summed E-state index contributed by atoms with van der Waals surface area (Å²) in [5, 5.41) is 17.1. The van der Waals surface area contributed by atoms with E-state index in [1.54, 1.807) is 25.4 Å². The second-order valence-electron chi connectivity index (χ2n) is 12.5. The summed E-state index contributed by atoms with van der Waals surface area (Å²) in [6.07, 6.45) is 2.38. The Labute approximate surface area is 297 Å². The quantitative estimate of drug-likeness (QED) is 0.187. The molecule has 2 unspecified atom stereocenters. The van der Waals surface area contributed by atoms with Crippen LogP contribution in [0, 0.1) is 0 Å². The Kier molecular flexibility index (Phi) is 9.56. The van der Waals surface area contributed by atoms with Crippen molar-refractivity contribution in [1.82, 2.24) is 29.9 Å². The second-order valence-corrected chi connectivity index (χ2v) is 13.3. The lowest BCUT2D eigenvalue weighted by Crippen LogP contribution is -2.35. The molecule has 0 saturated carbocycles. The number of hydrogen-bond donors (Lipinski definition) is 3. The number of rotatable bonds is 10. The maximum absolute atomic E-state index is 12.9. The van der Waals surface area contributed by atoms with E-state index in [1.165, 1.54) is 15.4 Å². The molecule has 5 heterocycles. The maximum Gasteiger partial charge on any atom is 0.258 e. The molecular formula is C37H34Cl2N6O5. The summed E-state index contributed by atoms with van der Waals surface area (Å²) in [6, 6.07) is 20.3. The molecule has 0 radical (unpaired) electrons. The number of carbonyl (C=O) groups excluding carboxylic acids is 2. The van der Waals surface area contributed by atoms with Crippen LogP contribution in [-0.4, -0.2) is 68.5 Å². The van der Waals surface area contributed by atoms with Gasteiger partial charge in [-0.2, -0.15) is 0 Å². The third-order valence-electron chi connectivity index (χ3n) is 9.07. The number of aliphatic hydroxyl groups excluding tert-OH is 1. The molecule has 2 fully saturated rings. The van der Waals surface area contributed by atoms with Crippen molar-refractivity contribution in [3.05, 3.63) is 105 Å². The first-order chi connectivity index (χ1) is 24.2. The molecule has 2 aliphatic heterocycles. The first-order valence-electron chi connectivity index (χ1n) is 16.3. The van der Waals surface area contributed by atoms with Crippen molar-refractivity contribution in [3.63, 3.8) is 0 Å². The molecule has 7 rings (SSSR count). The number of β-amino-alcohol motifs (C(OH)–C–C–N with tert-alkyl or cyclic N) is 1. The van der Waals surface area contributed by atoms with E-state index in [1.807, 2.05) is 48.5 Å². The van der Waals surface area contributed by atoms with Gasteiger partial charge in [-0.05, 0) is 30.2 Å². The number of methoxy groups -OCH3 is 1. The van der Waals surface area contributed by atoms with Crippen LogP contribution in [0.2, 0.25) is 10.0 Å². The molecule has 2 saturated heterocycles. The molecule has 50 heavy (non-hydrogen) atoms. The highest BCUT2D eigenvalue weighted by atomic mass is 35.5. The van der Waals surface area contributed by atoms with Gasteiger partial charge in [-0.3, -0.25) is 18.8 Å². The van der Waals surface area contributed by atoms with Crippen LogP contribution in [0.3, 0.4) is 0 Å². The van der Waals surface area contributed by atoms with Gasteiger partial charge in [0.25, 0.3) is 5.56 Å². The number of nitrogens with one attached hydrogen (secondary N) is 2. The molecule has 3 N–H and O–H groups in total. The van der Waals surface area contributed by atoms with Crippen molar-refractivity contribution < 1.29 is 19.4 Å². The molecule has 5 aromatic rings. The molecule has 2 atom stereocenters. The van der Waals surface area contributed by atoms with Gasteiger partial charge in [0, 0.05) is 72.2 Å². The zero-order chi connectivity index (χ0) is 34.9. The van der Waals surface area contributed by atoms with Crippen LogP contribution in [0.5, 0.6) is 5.88 Å². The van der Waals surface area contributed by atoms with Gasteiger partial charge in [0.05, 0.1) is 47.6 Å². The van der Waals surface area contributed by atoms with Gasteiger partial charge < -0.3 is 25.4 Å². The number of fused-ring (bicyclic) bond motifs is 1. The lowest BCUT2D eigenvalue weighted by atomic mass is 9.97. The summed E-state index contributed by atoms with van der Waals surface area (Å²) in [5.74, 6) is 0.387. The Bertz CT molecular complexity index is 2190. The number of likely N-dealkylation sites (tertiary alicyclic amines) is 1. The Balaban J connectivity index is 1.16. The van der Waals surface area contributed by atoms with Crippen LogP contribution >= 0.6 is 23.2 Å². The number of aromatic nitrogens is 3. The highest BCUT2D eigenvalue weighted by molar-refractivity contribution is 6.39. The molecule has 0 bridgehead atoms. The lowest BCUT2D eigenvalue weighted by molar-refractivity contribution is -0.128. The zero-order valence-electron chi connectivity index (χ0n) is 27.2. The van der Waals surface area contributed by atoms with Gasteiger partial charge in [0.1, 0.15) is 5.65 Å². The minimum Gasteiger partial charge on any atom is -0.481 e. The highest BCUT2D eigenvalue weighted by Gasteiger charge is 2.28. The maximum atomic E-state index is 12.9. The number of ether oxygens (including phenoxy) is 1. The van der Waals surface area contributed by atoms with Crippen LogP contribution in [0.25, 0.3) is 39.2 Å². The van der Waals surface area contributed by atoms with E-state index in [9.17, 15) is 19.5 Å². The van der Waals surface area contributed by atoms with Crippen LogP contribution in [0.1, 0.15) is 30.5 Å². The van der Waals surface area contributed by atoms with Gasteiger partial charge in [-0.15, -0.1) is 0 Å². The van der Waals surface area contributed by atoms with Gasteiger partial charge in [0.15, 0.2) is 0 Å². The van der Waals surface area contributed by atoms with Crippen molar-refractivity contribution in [3.8, 4) is 39.4 Å². The van der Waals surface area contributed by atoms with Gasteiger partial charge in [0.2, 0.25) is 17.7 Å². The first-order valence-corrected chi connectivity index (χ1v) is 17.0. The number of amides is 2. The van der Waals surface area contributed by atoms with Gasteiger partial charge in [-0.1, -0.05) is 65.7 Å². The molecule has 13 heteroatoms. The minimum atomic E-state index is -0.717. The van der Waals surface area contributed by atoms with Crippen molar-refractivity contribution in [2.24, 2.45) is 0 Å². The summed E-state index contributed by atoms with van der Waals surface area (Å²) in [4.78, 5) is 47.6. The average molecular weight is 714 g/mol. The number of carbonyl (C=O) groups is 2. The SMILES string of the molecule is COc1nc(-c2cccc(-c3cccc(-c4ccn5c(=O)cc(CN6CC(O)CC6=O)nc5c4)c3Cl)c2Cl)ccc1CNCC1CCC(=O)N1. The van der Waals surface area contributed by atoms with Crippen molar-refractivity contribution >= 4 is 40.7 Å². The number of nitrogens with zero attached hydrogens (tertiary/aromatic N) is 4. The van der Waals surface area contributed by atoms with Crippen molar-refractivity contribution in [2.75, 3.05) is 20.2 Å². The van der Waals surface area contributed by atoms with Crippen LogP contribution in [-0.2, 0) is 22.7 Å². The second kappa shape index (κ2) is 14.2. The molecule has 11 nitrogen and oxygen atoms in total. The average Bonchev–Trinajstić information content (AvgIpc) is 3.67. The van der Waals surface area contributed by atoms with Crippen molar-refractivity contribution in [2.45, 2.75) is 44.5 Å². The van der Waals surface area contributed by atoms with Crippen LogP contribution in [0.15, 0.2) is 77.7 Å². The van der Waals surface area contributed by atoms with Gasteiger partial charge in [-0.25, -0.2) is 9.97 Å². The van der Waals surface area contributed by atoms with E-state index in [-0.39, 0.29) is 42.9 Å². The fraction of sp³-hybridized carbons (Fsp3) is 0.270. The van der Waals surface area contributed by atoms with E-state index in [4.69, 9.17) is 32.9 Å². The number of pyridine rings is 2. The monoisotopic (exact) mass is 712 g/mol. The molecule has 2 amide bonds. The summed E-state index contributed by atoms with van der Waals surface area (Å²) < 4.78 is 7.07. The lowest BCUT2D eigenvalue weighted by Gasteiger charge is -2.16. The Hall–Kier alpha value is -4.81. The normalized spacial score (nSPS) is 17.5. The number of aliphatic hydroxyl groups is 1. The van der Waals surface area contributed by atoms with E-state index in [0.717, 1.165) is 28.7 Å². The number of halogens is 2. The minimum absolute atomic E-state index is 0.0667. The molecule has 2 aliphatic rings. The van der Waals surface area contributed by atoms with Crippen molar-refractivity contribution in [1.29, 1.82) is 0 Å². The van der Waals surface area contributed by atoms with Crippen LogP contribution < -0.4 is 20.9 Å².